The van der Waals surface area contributed by atoms with Crippen molar-refractivity contribution in [1.82, 2.24) is 20.1 Å². The number of rotatable bonds is 1. The second kappa shape index (κ2) is 4.58. The number of fused-ring (bicyclic) bond motifs is 1. The molecule has 3 aromatic rings. The summed E-state index contributed by atoms with van der Waals surface area (Å²) in [5.74, 6) is 0.977. The Bertz CT molecular complexity index is 679. The Labute approximate surface area is 109 Å². The first-order valence-electron chi connectivity index (χ1n) is 5.17. The van der Waals surface area contributed by atoms with E-state index in [-0.39, 0.29) is 12.4 Å². The number of anilines is 1. The van der Waals surface area contributed by atoms with Crippen molar-refractivity contribution in [2.24, 2.45) is 7.05 Å². The molecule has 0 bridgehead atoms. The van der Waals surface area contributed by atoms with E-state index in [0.717, 1.165) is 5.39 Å². The first kappa shape index (κ1) is 12.3. The minimum Gasteiger partial charge on any atom is -1.00 e. The highest BCUT2D eigenvalue weighted by Crippen LogP contribution is 2.18. The number of aryl methyl sites for hydroxylation is 1. The summed E-state index contributed by atoms with van der Waals surface area (Å²) >= 11 is 0. The van der Waals surface area contributed by atoms with Crippen LogP contribution in [0.4, 0.5) is 5.82 Å². The smallest absolute Gasteiger partial charge is 0.208 e. The summed E-state index contributed by atoms with van der Waals surface area (Å²) in [6.45, 7) is 0. The summed E-state index contributed by atoms with van der Waals surface area (Å²) in [4.78, 5) is 12.9. The Morgan fingerprint density at radius 2 is 2.11 bits per heavy atom. The third kappa shape index (κ3) is 1.98. The quantitative estimate of drug-likeness (QED) is 0.472. The molecular weight excluding hydrogens is 252 g/mol. The molecule has 0 atom stereocenters. The van der Waals surface area contributed by atoms with Crippen molar-refractivity contribution >= 4 is 16.9 Å². The number of H-pyrrole nitrogens is 1. The molecule has 0 saturated heterocycles. The molecule has 0 aliphatic heterocycles. The minimum absolute atomic E-state index is 0. The largest absolute Gasteiger partial charge is 1.00 e. The van der Waals surface area contributed by atoms with Gasteiger partial charge in [0, 0.05) is 6.20 Å². The highest BCUT2D eigenvalue weighted by Gasteiger charge is 2.13. The van der Waals surface area contributed by atoms with Gasteiger partial charge in [0.1, 0.15) is 16.9 Å². The van der Waals surface area contributed by atoms with Crippen LogP contribution >= 0.6 is 0 Å². The van der Waals surface area contributed by atoms with Gasteiger partial charge in [0.15, 0.2) is 12.9 Å². The number of hydrogen-bond acceptors (Lipinski definition) is 4. The van der Waals surface area contributed by atoms with Crippen molar-refractivity contribution in [3.63, 3.8) is 0 Å². The second-order valence-corrected chi connectivity index (χ2v) is 3.76. The van der Waals surface area contributed by atoms with Gasteiger partial charge in [-0.15, -0.1) is 9.78 Å². The Hall–Kier alpha value is -2.21. The summed E-state index contributed by atoms with van der Waals surface area (Å²) in [6.07, 6.45) is 3.56. The summed E-state index contributed by atoms with van der Waals surface area (Å²) in [5.41, 5.74) is 7.31. The van der Waals surface area contributed by atoms with Crippen molar-refractivity contribution in [2.75, 3.05) is 5.73 Å². The van der Waals surface area contributed by atoms with Crippen molar-refractivity contribution in [3.05, 3.63) is 30.6 Å². The molecule has 0 aliphatic rings. The average Bonchev–Trinajstić information content (AvgIpc) is 2.71. The molecule has 7 heteroatoms. The molecule has 0 aromatic carbocycles. The maximum absolute atomic E-state index is 5.90. The van der Waals surface area contributed by atoms with Gasteiger partial charge < -0.3 is 18.1 Å². The van der Waals surface area contributed by atoms with Crippen molar-refractivity contribution < 1.29 is 17.1 Å². The molecule has 3 aromatic heterocycles. The fraction of sp³-hybridized carbons (Fsp3) is 0.0909. The summed E-state index contributed by atoms with van der Waals surface area (Å²) in [5, 5.41) is 3.88. The average molecular weight is 263 g/mol. The molecule has 18 heavy (non-hydrogen) atoms. The van der Waals surface area contributed by atoms with E-state index >= 15 is 0 Å². The fourth-order valence-electron chi connectivity index (χ4n) is 1.70. The van der Waals surface area contributed by atoms with E-state index in [1.165, 1.54) is 0 Å². The van der Waals surface area contributed by atoms with Crippen LogP contribution in [0.5, 0.6) is 0 Å². The molecule has 0 saturated carbocycles. The minimum atomic E-state index is 0. The highest BCUT2D eigenvalue weighted by molar-refractivity contribution is 5.85. The number of aromatic amines is 1. The molecule has 0 radical (unpaired) electrons. The maximum atomic E-state index is 5.90. The Morgan fingerprint density at radius 3 is 2.83 bits per heavy atom. The van der Waals surface area contributed by atoms with Crippen LogP contribution < -0.4 is 22.8 Å². The van der Waals surface area contributed by atoms with Crippen LogP contribution in [-0.2, 0) is 7.05 Å². The molecule has 3 N–H and O–H groups in total. The van der Waals surface area contributed by atoms with Gasteiger partial charge in [0.05, 0.1) is 0 Å². The SMILES string of the molecule is C[n+]1cc2c(N)nc(-c3ccccn3)nc2[nH]1.[Cl-]. The third-order valence-electron chi connectivity index (χ3n) is 2.47. The number of nitrogen functional groups attached to an aromatic ring is 1. The summed E-state index contributed by atoms with van der Waals surface area (Å²) in [7, 11) is 1.88. The number of pyridine rings is 1. The molecule has 6 nitrogen and oxygen atoms in total. The molecule has 0 fully saturated rings. The number of nitrogens with zero attached hydrogens (tertiary/aromatic N) is 4. The van der Waals surface area contributed by atoms with Gasteiger partial charge in [0.2, 0.25) is 11.8 Å². The third-order valence-corrected chi connectivity index (χ3v) is 2.47. The van der Waals surface area contributed by atoms with E-state index in [2.05, 4.69) is 20.1 Å². The van der Waals surface area contributed by atoms with E-state index in [4.69, 9.17) is 5.73 Å². The van der Waals surface area contributed by atoms with E-state index in [0.29, 0.717) is 23.0 Å². The number of hydrogen-bond donors (Lipinski definition) is 2. The van der Waals surface area contributed by atoms with Gasteiger partial charge in [-0.25, -0.2) is 9.97 Å². The Morgan fingerprint density at radius 1 is 1.28 bits per heavy atom. The molecule has 0 aliphatic carbocycles. The lowest BCUT2D eigenvalue weighted by Crippen LogP contribution is -3.00. The monoisotopic (exact) mass is 262 g/mol. The van der Waals surface area contributed by atoms with Crippen molar-refractivity contribution in [1.29, 1.82) is 0 Å². The van der Waals surface area contributed by atoms with Gasteiger partial charge in [-0.3, -0.25) is 4.98 Å². The normalized spacial score (nSPS) is 10.3. The molecular formula is C11H11ClN6. The zero-order valence-electron chi connectivity index (χ0n) is 9.63. The number of nitrogens with two attached hydrogens (primary N) is 1. The van der Waals surface area contributed by atoms with Crippen LogP contribution in [0.1, 0.15) is 0 Å². The first-order chi connectivity index (χ1) is 8.24. The summed E-state index contributed by atoms with van der Waals surface area (Å²) < 4.78 is 1.79. The first-order valence-corrected chi connectivity index (χ1v) is 5.17. The van der Waals surface area contributed by atoms with Crippen molar-refractivity contribution in [3.8, 4) is 11.5 Å². The zero-order valence-corrected chi connectivity index (χ0v) is 10.4. The second-order valence-electron chi connectivity index (χ2n) is 3.76. The highest BCUT2D eigenvalue weighted by atomic mass is 35.5. The van der Waals surface area contributed by atoms with Gasteiger partial charge in [0.25, 0.3) is 0 Å². The molecule has 3 rings (SSSR count). The van der Waals surface area contributed by atoms with Crippen LogP contribution in [0.3, 0.4) is 0 Å². The van der Waals surface area contributed by atoms with Gasteiger partial charge in [-0.05, 0) is 12.1 Å². The van der Waals surface area contributed by atoms with Crippen LogP contribution in [0.15, 0.2) is 30.6 Å². The molecule has 0 spiro atoms. The van der Waals surface area contributed by atoms with Gasteiger partial charge in [-0.2, -0.15) is 0 Å². The number of halogens is 1. The lowest BCUT2D eigenvalue weighted by atomic mass is 10.3. The molecule has 0 amide bonds. The molecule has 92 valence electrons. The predicted molar refractivity (Wildman–Crippen MR) is 62.7 cm³/mol. The standard InChI is InChI=1S/C11H10N6.ClH/c1-17-6-7-9(12)14-11(15-10(7)16-17)8-4-2-3-5-13-8;/h2-6H,1H3,(H2,12,14,15,16);1H. The van der Waals surface area contributed by atoms with Gasteiger partial charge >= 0.3 is 0 Å². The van der Waals surface area contributed by atoms with Crippen LogP contribution in [0, 0.1) is 0 Å². The molecule has 0 unspecified atom stereocenters. The fourth-order valence-corrected chi connectivity index (χ4v) is 1.70. The topological polar surface area (TPSA) is 84.4 Å². The van der Waals surface area contributed by atoms with E-state index in [9.17, 15) is 0 Å². The van der Waals surface area contributed by atoms with E-state index in [1.807, 2.05) is 31.4 Å². The van der Waals surface area contributed by atoms with E-state index in [1.54, 1.807) is 10.9 Å². The number of aromatic nitrogens is 5. The van der Waals surface area contributed by atoms with E-state index < -0.39 is 0 Å². The maximum Gasteiger partial charge on any atom is 0.208 e. The van der Waals surface area contributed by atoms with Gasteiger partial charge in [-0.1, -0.05) is 6.07 Å². The Balaban J connectivity index is 0.00000120. The van der Waals surface area contributed by atoms with Crippen LogP contribution in [0.25, 0.3) is 22.6 Å². The lowest BCUT2D eigenvalue weighted by molar-refractivity contribution is -0.724. The zero-order chi connectivity index (χ0) is 11.8. The lowest BCUT2D eigenvalue weighted by Gasteiger charge is -1.99. The predicted octanol–water partition coefficient (Wildman–Crippen LogP) is -2.57. The van der Waals surface area contributed by atoms with Crippen molar-refractivity contribution in [2.45, 2.75) is 0 Å². The summed E-state index contributed by atoms with van der Waals surface area (Å²) in [6, 6.07) is 5.59. The number of nitrogens with one attached hydrogen (secondary N) is 1. The molecule has 3 heterocycles. The van der Waals surface area contributed by atoms with Crippen LogP contribution in [0.2, 0.25) is 0 Å². The van der Waals surface area contributed by atoms with Crippen LogP contribution in [-0.4, -0.2) is 20.1 Å². The Kier molecular flexibility index (Phi) is 3.12.